The van der Waals surface area contributed by atoms with Gasteiger partial charge in [-0.25, -0.2) is 4.98 Å². The van der Waals surface area contributed by atoms with Gasteiger partial charge in [0.2, 0.25) is 11.8 Å². The van der Waals surface area contributed by atoms with Crippen LogP contribution < -0.4 is 10.6 Å². The summed E-state index contributed by atoms with van der Waals surface area (Å²) in [5, 5.41) is 18.0. The first-order chi connectivity index (χ1) is 24.9. The molecule has 1 aromatic carbocycles. The van der Waals surface area contributed by atoms with Gasteiger partial charge in [0, 0.05) is 37.5 Å². The van der Waals surface area contributed by atoms with Gasteiger partial charge < -0.3 is 30.1 Å². The van der Waals surface area contributed by atoms with E-state index in [1.165, 1.54) is 11.3 Å². The third-order valence-corrected chi connectivity index (χ3v) is 10.8. The number of hydrogen-bond acceptors (Lipinski definition) is 9. The minimum atomic E-state index is -0.919. The highest BCUT2D eigenvalue weighted by Gasteiger charge is 2.39. The minimum absolute atomic E-state index is 0.0178. The van der Waals surface area contributed by atoms with Crippen LogP contribution in [0.25, 0.3) is 0 Å². The molecule has 0 radical (unpaired) electrons. The zero-order valence-electron chi connectivity index (χ0n) is 33.4. The number of likely N-dealkylation sites (N-methyl/N-ethyl adjacent to an activating group) is 2. The summed E-state index contributed by atoms with van der Waals surface area (Å²) >= 11 is 1.32. The van der Waals surface area contributed by atoms with Gasteiger partial charge >= 0.3 is 5.97 Å². The Morgan fingerprint density at radius 1 is 1.06 bits per heavy atom. The van der Waals surface area contributed by atoms with Crippen LogP contribution in [-0.4, -0.2) is 107 Å². The Hall–Kier alpha value is -3.39. The van der Waals surface area contributed by atoms with Crippen molar-refractivity contribution in [1.29, 1.82) is 0 Å². The second-order valence-electron chi connectivity index (χ2n) is 15.8. The first-order valence-corrected chi connectivity index (χ1v) is 19.9. The van der Waals surface area contributed by atoms with Crippen molar-refractivity contribution in [3.63, 3.8) is 0 Å². The quantitative estimate of drug-likeness (QED) is 0.164. The summed E-state index contributed by atoms with van der Waals surface area (Å²) in [6, 6.07) is 7.72. The monoisotopic (exact) mass is 757 g/mol. The Kier molecular flexibility index (Phi) is 16.9. The maximum absolute atomic E-state index is 14.4. The molecule has 0 aliphatic carbocycles. The van der Waals surface area contributed by atoms with Crippen LogP contribution in [0.1, 0.15) is 115 Å². The van der Waals surface area contributed by atoms with Gasteiger partial charge in [0.25, 0.3) is 5.91 Å². The van der Waals surface area contributed by atoms with Gasteiger partial charge in [-0.05, 0) is 85.4 Å². The van der Waals surface area contributed by atoms with Crippen molar-refractivity contribution in [2.24, 2.45) is 11.8 Å². The lowest BCUT2D eigenvalue weighted by Gasteiger charge is -2.39. The number of carboxylic acid groups (broad SMARTS) is 1. The van der Waals surface area contributed by atoms with E-state index in [2.05, 4.69) is 10.6 Å². The summed E-state index contributed by atoms with van der Waals surface area (Å²) in [5.41, 5.74) is 0.683. The van der Waals surface area contributed by atoms with Crippen LogP contribution in [0.3, 0.4) is 0 Å². The third-order valence-electron chi connectivity index (χ3n) is 9.83. The Morgan fingerprint density at radius 2 is 1.74 bits per heavy atom. The van der Waals surface area contributed by atoms with E-state index in [4.69, 9.17) is 14.5 Å². The first kappa shape index (κ1) is 44.0. The van der Waals surface area contributed by atoms with Crippen molar-refractivity contribution in [3.05, 3.63) is 52.0 Å². The Bertz CT molecular complexity index is 1480. The average Bonchev–Trinajstić information content (AvgIpc) is 3.58. The number of nitrogens with one attached hydrogen (secondary N) is 2. The second kappa shape index (κ2) is 20.3. The molecule has 12 nitrogen and oxygen atoms in total. The Morgan fingerprint density at radius 3 is 2.32 bits per heavy atom. The molecular formula is C40H63N5O7S. The maximum Gasteiger partial charge on any atom is 0.306 e. The van der Waals surface area contributed by atoms with E-state index in [0.29, 0.717) is 24.5 Å². The molecule has 53 heavy (non-hydrogen) atoms. The number of hydrogen-bond donors (Lipinski definition) is 3. The van der Waals surface area contributed by atoms with Crippen LogP contribution in [0.15, 0.2) is 35.7 Å². The van der Waals surface area contributed by atoms with Crippen molar-refractivity contribution < 1.29 is 33.8 Å². The molecule has 3 amide bonds. The number of aromatic nitrogens is 1. The molecule has 1 aromatic heterocycles. The highest BCUT2D eigenvalue weighted by Crippen LogP contribution is 2.31. The zero-order valence-corrected chi connectivity index (χ0v) is 34.2. The molecule has 296 valence electrons. The Labute approximate surface area is 320 Å². The fourth-order valence-electron chi connectivity index (χ4n) is 7.00. The standard InChI is InChI=1S/C40H63N5O7S/c1-11-51-33(37-42-30(24-53-37)35(46)41-29(21-26(4)39(49)50)22-28-17-13-12-14-18-28)23-32(25(2)3)45(10)38(48)34(27(5)52-40(6,7)8)43-36(47)31-19-15-16-20-44(31)9/h12-14,17-18,24-27,29,31-34H,11,15-16,19-23H2,1-10H3,(H,41,46)(H,43,47)(H,49,50)/t26-,27+,29+,31?,32+,33+,34-/m0/s1. The number of ether oxygens (including phenoxy) is 2. The molecular weight excluding hydrogens is 695 g/mol. The van der Waals surface area contributed by atoms with Gasteiger partial charge in [0.05, 0.1) is 23.7 Å². The second-order valence-corrected chi connectivity index (χ2v) is 16.6. The molecule has 1 unspecified atom stereocenters. The Balaban J connectivity index is 1.82. The van der Waals surface area contributed by atoms with Gasteiger partial charge in [-0.3, -0.25) is 24.1 Å². The molecule has 7 atom stereocenters. The molecule has 0 saturated carbocycles. The molecule has 0 bridgehead atoms. The smallest absolute Gasteiger partial charge is 0.306 e. The maximum atomic E-state index is 14.4. The molecule has 13 heteroatoms. The number of likely N-dealkylation sites (tertiary alicyclic amines) is 1. The van der Waals surface area contributed by atoms with Crippen LogP contribution in [0, 0.1) is 11.8 Å². The number of benzene rings is 1. The van der Waals surface area contributed by atoms with E-state index in [0.717, 1.165) is 31.4 Å². The zero-order chi connectivity index (χ0) is 39.5. The molecule has 3 rings (SSSR count). The van der Waals surface area contributed by atoms with Crippen LogP contribution in [-0.2, 0) is 30.3 Å². The third kappa shape index (κ3) is 13.4. The molecule has 1 aliphatic heterocycles. The minimum Gasteiger partial charge on any atom is -0.481 e. The average molecular weight is 758 g/mol. The number of rotatable bonds is 19. The number of carbonyl (C=O) groups is 4. The lowest BCUT2D eigenvalue weighted by atomic mass is 9.95. The number of carboxylic acids is 1. The first-order valence-electron chi connectivity index (χ1n) is 19.0. The molecule has 2 heterocycles. The summed E-state index contributed by atoms with van der Waals surface area (Å²) in [5.74, 6) is -2.35. The molecule has 1 aliphatic rings. The fraction of sp³-hybridized carbons (Fsp3) is 0.675. The van der Waals surface area contributed by atoms with Gasteiger partial charge in [-0.15, -0.1) is 11.3 Å². The van der Waals surface area contributed by atoms with Crippen molar-refractivity contribution in [2.75, 3.05) is 27.2 Å². The van der Waals surface area contributed by atoms with E-state index in [9.17, 15) is 24.3 Å². The molecule has 0 spiro atoms. The van der Waals surface area contributed by atoms with Crippen LogP contribution in [0.5, 0.6) is 0 Å². The number of nitrogens with zero attached hydrogens (tertiary/aromatic N) is 3. The van der Waals surface area contributed by atoms with Gasteiger partial charge in [0.1, 0.15) is 22.8 Å². The number of aliphatic carboxylic acids is 1. The number of piperidine rings is 1. The lowest BCUT2D eigenvalue weighted by Crippen LogP contribution is -2.60. The predicted molar refractivity (Wildman–Crippen MR) is 208 cm³/mol. The summed E-state index contributed by atoms with van der Waals surface area (Å²) in [4.78, 5) is 61.7. The van der Waals surface area contributed by atoms with Crippen LogP contribution >= 0.6 is 11.3 Å². The lowest BCUT2D eigenvalue weighted by molar-refractivity contribution is -0.148. The number of amides is 3. The van der Waals surface area contributed by atoms with E-state index in [1.807, 2.05) is 90.7 Å². The molecule has 3 N–H and O–H groups in total. The van der Waals surface area contributed by atoms with Crippen molar-refractivity contribution in [1.82, 2.24) is 25.4 Å². The molecule has 1 fully saturated rings. The van der Waals surface area contributed by atoms with Crippen LogP contribution in [0.2, 0.25) is 0 Å². The fourth-order valence-corrected chi connectivity index (χ4v) is 7.86. The summed E-state index contributed by atoms with van der Waals surface area (Å²) in [7, 11) is 3.71. The van der Waals surface area contributed by atoms with E-state index in [1.54, 1.807) is 24.3 Å². The highest BCUT2D eigenvalue weighted by molar-refractivity contribution is 7.09. The van der Waals surface area contributed by atoms with E-state index >= 15 is 0 Å². The summed E-state index contributed by atoms with van der Waals surface area (Å²) < 4.78 is 12.5. The normalized spacial score (nSPS) is 18.7. The summed E-state index contributed by atoms with van der Waals surface area (Å²) in [6.07, 6.45) is 2.80. The van der Waals surface area contributed by atoms with Crippen molar-refractivity contribution in [3.8, 4) is 0 Å². The predicted octanol–water partition coefficient (Wildman–Crippen LogP) is 5.72. The van der Waals surface area contributed by atoms with Crippen molar-refractivity contribution >= 4 is 35.0 Å². The highest BCUT2D eigenvalue weighted by atomic mass is 32.1. The van der Waals surface area contributed by atoms with Gasteiger partial charge in [0.15, 0.2) is 0 Å². The largest absolute Gasteiger partial charge is 0.481 e. The van der Waals surface area contributed by atoms with Crippen molar-refractivity contribution in [2.45, 2.75) is 136 Å². The summed E-state index contributed by atoms with van der Waals surface area (Å²) in [6.45, 7) is 16.5. The topological polar surface area (TPSA) is 150 Å². The number of carbonyl (C=O) groups excluding carboxylic acids is 3. The van der Waals surface area contributed by atoms with Crippen LogP contribution in [0.4, 0.5) is 0 Å². The number of thiazole rings is 1. The van der Waals surface area contributed by atoms with E-state index in [-0.39, 0.29) is 47.8 Å². The molecule has 2 aromatic rings. The van der Waals surface area contributed by atoms with Gasteiger partial charge in [-0.1, -0.05) is 57.5 Å². The van der Waals surface area contributed by atoms with E-state index < -0.39 is 41.8 Å². The SMILES string of the molecule is CCO[C@H](C[C@H](C(C)C)N(C)C(=O)[C@@H](NC(=O)C1CCCCN1C)[C@@H](C)OC(C)(C)C)c1nc(C(=O)N[C@@H](Cc2ccccc2)C[C@H](C)C(=O)O)cs1. The molecule has 1 saturated heterocycles. The van der Waals surface area contributed by atoms with Gasteiger partial charge in [-0.2, -0.15) is 0 Å².